The van der Waals surface area contributed by atoms with Crippen molar-refractivity contribution < 1.29 is 0 Å². The summed E-state index contributed by atoms with van der Waals surface area (Å²) in [5.74, 6) is 0. The number of hydrogen-bond donors (Lipinski definition) is 1. The van der Waals surface area contributed by atoms with Gasteiger partial charge in [-0.05, 0) is 68.1 Å². The third-order valence-electron chi connectivity index (χ3n) is 6.34. The van der Waals surface area contributed by atoms with Crippen molar-refractivity contribution in [1.29, 1.82) is 0 Å². The van der Waals surface area contributed by atoms with Gasteiger partial charge in [0.15, 0.2) is 0 Å². The fraction of sp³-hybridized carbons (Fsp3) is 0.455. The molecule has 0 bridgehead atoms. The summed E-state index contributed by atoms with van der Waals surface area (Å²) in [6, 6.07) is 7.78. The fourth-order valence-corrected chi connectivity index (χ4v) is 4.77. The van der Waals surface area contributed by atoms with Crippen molar-refractivity contribution in [1.82, 2.24) is 14.8 Å². The smallest absolute Gasteiger partial charge is 0.0460 e. The summed E-state index contributed by atoms with van der Waals surface area (Å²) >= 11 is 0. The molecule has 1 saturated heterocycles. The number of rotatable bonds is 2. The fourth-order valence-electron chi connectivity index (χ4n) is 4.77. The standard InChI is InChI=1S/C22H27N3/c1-24-10-6-16(7-11-24)21-15-23-22-5-4-17(14-20(21)22)18-8-12-25-9-2-3-19(25)13-18/h4-6,8,14-15,19,23H,2-3,7,9-13H2,1H3/t19-/m1/s1. The molecule has 25 heavy (non-hydrogen) atoms. The molecule has 2 aromatic rings. The molecule has 0 spiro atoms. The first-order chi connectivity index (χ1) is 12.3. The lowest BCUT2D eigenvalue weighted by Gasteiger charge is -2.29. The van der Waals surface area contributed by atoms with E-state index in [2.05, 4.69) is 58.4 Å². The van der Waals surface area contributed by atoms with E-state index in [1.807, 2.05) is 0 Å². The summed E-state index contributed by atoms with van der Waals surface area (Å²) in [5, 5.41) is 1.39. The summed E-state index contributed by atoms with van der Waals surface area (Å²) in [4.78, 5) is 8.51. The second kappa shape index (κ2) is 6.15. The van der Waals surface area contributed by atoms with Crippen LogP contribution in [0.4, 0.5) is 0 Å². The number of benzene rings is 1. The van der Waals surface area contributed by atoms with Gasteiger partial charge in [-0.2, -0.15) is 0 Å². The number of fused-ring (bicyclic) bond motifs is 2. The zero-order valence-corrected chi connectivity index (χ0v) is 15.1. The van der Waals surface area contributed by atoms with Crippen LogP contribution in [0, 0.1) is 0 Å². The second-order valence-electron chi connectivity index (χ2n) is 7.93. The van der Waals surface area contributed by atoms with Gasteiger partial charge in [-0.1, -0.05) is 18.2 Å². The molecule has 4 heterocycles. The third kappa shape index (κ3) is 2.76. The number of nitrogens with one attached hydrogen (secondary N) is 1. The minimum atomic E-state index is 0.776. The van der Waals surface area contributed by atoms with Gasteiger partial charge in [0.1, 0.15) is 0 Å². The minimum Gasteiger partial charge on any atom is -0.361 e. The largest absolute Gasteiger partial charge is 0.361 e. The molecule has 3 aliphatic heterocycles. The highest BCUT2D eigenvalue weighted by atomic mass is 15.2. The van der Waals surface area contributed by atoms with Crippen molar-refractivity contribution in [3.8, 4) is 0 Å². The van der Waals surface area contributed by atoms with Crippen LogP contribution < -0.4 is 0 Å². The monoisotopic (exact) mass is 333 g/mol. The van der Waals surface area contributed by atoms with Gasteiger partial charge in [-0.3, -0.25) is 4.90 Å². The van der Waals surface area contributed by atoms with Crippen LogP contribution in [0.15, 0.2) is 36.5 Å². The number of H-pyrrole nitrogens is 1. The molecule has 0 amide bonds. The molecule has 1 aromatic heterocycles. The van der Waals surface area contributed by atoms with Crippen molar-refractivity contribution in [2.24, 2.45) is 0 Å². The van der Waals surface area contributed by atoms with Crippen LogP contribution in [0.25, 0.3) is 22.0 Å². The van der Waals surface area contributed by atoms with E-state index in [1.165, 1.54) is 53.4 Å². The summed E-state index contributed by atoms with van der Waals surface area (Å²) in [5.41, 5.74) is 7.14. The van der Waals surface area contributed by atoms with E-state index in [1.54, 1.807) is 5.57 Å². The van der Waals surface area contributed by atoms with E-state index in [4.69, 9.17) is 0 Å². The highest BCUT2D eigenvalue weighted by molar-refractivity contribution is 5.94. The number of likely N-dealkylation sites (N-methyl/N-ethyl adjacent to an activating group) is 1. The highest BCUT2D eigenvalue weighted by Gasteiger charge is 2.28. The SMILES string of the molecule is CN1CC=C(c2c[nH]c3ccc(C4=CCN5CCC[C@@H]5C4)cc23)CC1. The molecule has 5 rings (SSSR count). The Bertz CT molecular complexity index is 857. The van der Waals surface area contributed by atoms with E-state index >= 15 is 0 Å². The molecule has 3 heteroatoms. The van der Waals surface area contributed by atoms with Gasteiger partial charge in [-0.15, -0.1) is 0 Å². The normalized spacial score (nSPS) is 25.1. The summed E-state index contributed by atoms with van der Waals surface area (Å²) in [6.45, 7) is 4.64. The molecule has 1 fully saturated rings. The maximum absolute atomic E-state index is 3.48. The van der Waals surface area contributed by atoms with E-state index in [0.717, 1.165) is 32.1 Å². The molecule has 1 N–H and O–H groups in total. The number of aromatic amines is 1. The molecule has 3 aliphatic rings. The maximum atomic E-state index is 3.48. The Kier molecular flexibility index (Phi) is 3.79. The maximum Gasteiger partial charge on any atom is 0.0460 e. The van der Waals surface area contributed by atoms with Crippen molar-refractivity contribution in [3.05, 3.63) is 47.7 Å². The number of hydrogen-bond acceptors (Lipinski definition) is 2. The summed E-state index contributed by atoms with van der Waals surface area (Å²) in [6.07, 6.45) is 12.2. The van der Waals surface area contributed by atoms with Crippen molar-refractivity contribution in [2.75, 3.05) is 33.2 Å². The number of nitrogens with zero attached hydrogens (tertiary/aromatic N) is 2. The molecule has 0 aliphatic carbocycles. The van der Waals surface area contributed by atoms with E-state index in [-0.39, 0.29) is 0 Å². The quantitative estimate of drug-likeness (QED) is 0.892. The van der Waals surface area contributed by atoms with Crippen molar-refractivity contribution in [3.63, 3.8) is 0 Å². The Balaban J connectivity index is 1.50. The average molecular weight is 333 g/mol. The Morgan fingerprint density at radius 1 is 1.08 bits per heavy atom. The first kappa shape index (κ1) is 15.4. The first-order valence-electron chi connectivity index (χ1n) is 9.70. The molecule has 0 unspecified atom stereocenters. The third-order valence-corrected chi connectivity index (χ3v) is 6.34. The first-order valence-corrected chi connectivity index (χ1v) is 9.70. The minimum absolute atomic E-state index is 0.776. The van der Waals surface area contributed by atoms with Crippen LogP contribution in [-0.2, 0) is 0 Å². The van der Waals surface area contributed by atoms with Gasteiger partial charge in [0, 0.05) is 48.3 Å². The molecular weight excluding hydrogens is 306 g/mol. The van der Waals surface area contributed by atoms with Crippen LogP contribution in [0.2, 0.25) is 0 Å². The van der Waals surface area contributed by atoms with Gasteiger partial charge < -0.3 is 9.88 Å². The van der Waals surface area contributed by atoms with Gasteiger partial charge in [0.05, 0.1) is 0 Å². The highest BCUT2D eigenvalue weighted by Crippen LogP contribution is 2.35. The van der Waals surface area contributed by atoms with Crippen LogP contribution in [0.3, 0.4) is 0 Å². The number of aromatic nitrogens is 1. The van der Waals surface area contributed by atoms with Crippen LogP contribution in [0.1, 0.15) is 36.8 Å². The molecule has 1 atom stereocenters. The lowest BCUT2D eigenvalue weighted by Crippen LogP contribution is -2.32. The predicted octanol–water partition coefficient (Wildman–Crippen LogP) is 4.14. The Labute approximate surface area is 150 Å². The Hall–Kier alpha value is -1.84. The lowest BCUT2D eigenvalue weighted by atomic mass is 9.92. The van der Waals surface area contributed by atoms with Crippen LogP contribution in [-0.4, -0.2) is 54.1 Å². The van der Waals surface area contributed by atoms with E-state index < -0.39 is 0 Å². The zero-order valence-electron chi connectivity index (χ0n) is 15.1. The van der Waals surface area contributed by atoms with Crippen molar-refractivity contribution >= 4 is 22.0 Å². The predicted molar refractivity (Wildman–Crippen MR) is 106 cm³/mol. The summed E-state index contributed by atoms with van der Waals surface area (Å²) < 4.78 is 0. The summed E-state index contributed by atoms with van der Waals surface area (Å²) in [7, 11) is 2.20. The van der Waals surface area contributed by atoms with Crippen LogP contribution >= 0.6 is 0 Å². The van der Waals surface area contributed by atoms with Gasteiger partial charge in [0.25, 0.3) is 0 Å². The van der Waals surface area contributed by atoms with Gasteiger partial charge in [-0.25, -0.2) is 0 Å². The molecule has 0 saturated carbocycles. The lowest BCUT2D eigenvalue weighted by molar-refractivity contribution is 0.275. The second-order valence-corrected chi connectivity index (χ2v) is 7.93. The van der Waals surface area contributed by atoms with Gasteiger partial charge in [0.2, 0.25) is 0 Å². The topological polar surface area (TPSA) is 22.3 Å². The van der Waals surface area contributed by atoms with Crippen molar-refractivity contribution in [2.45, 2.75) is 31.7 Å². The van der Waals surface area contributed by atoms with Gasteiger partial charge >= 0.3 is 0 Å². The molecule has 0 radical (unpaired) electrons. The Morgan fingerprint density at radius 2 is 2.00 bits per heavy atom. The van der Waals surface area contributed by atoms with E-state index in [9.17, 15) is 0 Å². The molecule has 130 valence electrons. The Morgan fingerprint density at radius 3 is 2.88 bits per heavy atom. The molecular formula is C22H27N3. The molecule has 3 nitrogen and oxygen atoms in total. The van der Waals surface area contributed by atoms with Crippen LogP contribution in [0.5, 0.6) is 0 Å². The zero-order chi connectivity index (χ0) is 16.8. The molecule has 1 aromatic carbocycles. The average Bonchev–Trinajstić information content (AvgIpc) is 3.28. The van der Waals surface area contributed by atoms with E-state index in [0.29, 0.717) is 0 Å².